The number of alkyl halides is 3. The standard InChI is InChI=1S/C13H15F3O3/c1-8(2)19-12(17)6-9-4-5-10(13(14,15)16)7-11(9)18-3/h4-5,7-8H,6H2,1-3H3. The van der Waals surface area contributed by atoms with Crippen LogP contribution in [0.5, 0.6) is 5.75 Å². The molecule has 106 valence electrons. The maximum atomic E-state index is 12.5. The zero-order chi connectivity index (χ0) is 14.6. The molecule has 0 bridgehead atoms. The third kappa shape index (κ3) is 4.46. The third-order valence-electron chi connectivity index (χ3n) is 2.32. The normalized spacial score (nSPS) is 11.5. The van der Waals surface area contributed by atoms with Crippen molar-refractivity contribution >= 4 is 5.97 Å². The molecule has 0 amide bonds. The zero-order valence-electron chi connectivity index (χ0n) is 10.9. The average molecular weight is 276 g/mol. The van der Waals surface area contributed by atoms with E-state index in [1.54, 1.807) is 13.8 Å². The van der Waals surface area contributed by atoms with Crippen LogP contribution >= 0.6 is 0 Å². The van der Waals surface area contributed by atoms with Crippen molar-refractivity contribution in [3.8, 4) is 5.75 Å². The molecular weight excluding hydrogens is 261 g/mol. The van der Waals surface area contributed by atoms with Gasteiger partial charge in [-0.3, -0.25) is 4.79 Å². The Kier molecular flexibility index (Phi) is 4.80. The summed E-state index contributed by atoms with van der Waals surface area (Å²) in [6, 6.07) is 3.02. The lowest BCUT2D eigenvalue weighted by Crippen LogP contribution is -2.14. The Morgan fingerprint density at radius 2 is 1.95 bits per heavy atom. The smallest absolute Gasteiger partial charge is 0.416 e. The highest BCUT2D eigenvalue weighted by molar-refractivity contribution is 5.73. The van der Waals surface area contributed by atoms with Gasteiger partial charge in [-0.15, -0.1) is 0 Å². The van der Waals surface area contributed by atoms with E-state index in [0.717, 1.165) is 12.1 Å². The predicted octanol–water partition coefficient (Wildman–Crippen LogP) is 3.21. The van der Waals surface area contributed by atoms with Crippen molar-refractivity contribution in [2.45, 2.75) is 32.5 Å². The van der Waals surface area contributed by atoms with E-state index in [2.05, 4.69) is 0 Å². The number of hydrogen-bond acceptors (Lipinski definition) is 3. The van der Waals surface area contributed by atoms with Crippen molar-refractivity contribution in [1.29, 1.82) is 0 Å². The molecule has 19 heavy (non-hydrogen) atoms. The first-order valence-electron chi connectivity index (χ1n) is 5.67. The van der Waals surface area contributed by atoms with Crippen LogP contribution in [0.3, 0.4) is 0 Å². The largest absolute Gasteiger partial charge is 0.496 e. The molecule has 0 aromatic heterocycles. The monoisotopic (exact) mass is 276 g/mol. The number of carbonyl (C=O) groups excluding carboxylic acids is 1. The molecule has 0 radical (unpaired) electrons. The summed E-state index contributed by atoms with van der Waals surface area (Å²) in [6.45, 7) is 3.39. The predicted molar refractivity (Wildman–Crippen MR) is 62.9 cm³/mol. The molecule has 0 saturated carbocycles. The number of esters is 1. The molecule has 3 nitrogen and oxygen atoms in total. The highest BCUT2D eigenvalue weighted by Crippen LogP contribution is 2.33. The van der Waals surface area contributed by atoms with Gasteiger partial charge < -0.3 is 9.47 Å². The van der Waals surface area contributed by atoms with Gasteiger partial charge in [-0.1, -0.05) is 6.07 Å². The SMILES string of the molecule is COc1cc(C(F)(F)F)ccc1CC(=O)OC(C)C. The van der Waals surface area contributed by atoms with Crippen molar-refractivity contribution in [2.75, 3.05) is 7.11 Å². The van der Waals surface area contributed by atoms with Gasteiger partial charge in [0.25, 0.3) is 0 Å². The van der Waals surface area contributed by atoms with Gasteiger partial charge in [0.05, 0.1) is 25.2 Å². The van der Waals surface area contributed by atoms with Gasteiger partial charge in [-0.05, 0) is 26.0 Å². The summed E-state index contributed by atoms with van der Waals surface area (Å²) in [4.78, 5) is 11.5. The van der Waals surface area contributed by atoms with Crippen LogP contribution in [0.1, 0.15) is 25.0 Å². The third-order valence-corrected chi connectivity index (χ3v) is 2.32. The molecule has 1 rings (SSSR count). The second-order valence-electron chi connectivity index (χ2n) is 4.24. The summed E-state index contributed by atoms with van der Waals surface area (Å²) >= 11 is 0. The molecule has 0 heterocycles. The van der Waals surface area contributed by atoms with E-state index in [9.17, 15) is 18.0 Å². The molecule has 0 aliphatic rings. The number of halogens is 3. The van der Waals surface area contributed by atoms with Crippen molar-refractivity contribution in [1.82, 2.24) is 0 Å². The van der Waals surface area contributed by atoms with Crippen LogP contribution in [0.25, 0.3) is 0 Å². The molecular formula is C13H15F3O3. The van der Waals surface area contributed by atoms with Gasteiger partial charge in [-0.2, -0.15) is 13.2 Å². The highest BCUT2D eigenvalue weighted by atomic mass is 19.4. The summed E-state index contributed by atoms with van der Waals surface area (Å²) in [5.74, 6) is -0.483. The number of benzene rings is 1. The van der Waals surface area contributed by atoms with E-state index in [4.69, 9.17) is 9.47 Å². The fourth-order valence-corrected chi connectivity index (χ4v) is 1.53. The van der Waals surface area contributed by atoms with Crippen LogP contribution in [0.2, 0.25) is 0 Å². The molecule has 0 fully saturated rings. The quantitative estimate of drug-likeness (QED) is 0.792. The second-order valence-corrected chi connectivity index (χ2v) is 4.24. The first kappa shape index (κ1) is 15.3. The fraction of sp³-hybridized carbons (Fsp3) is 0.462. The number of carbonyl (C=O) groups is 1. The number of methoxy groups -OCH3 is 1. The minimum absolute atomic E-state index is 0.0236. The van der Waals surface area contributed by atoms with Crippen LogP contribution in [-0.4, -0.2) is 19.2 Å². The Labute approximate surface area is 109 Å². The van der Waals surface area contributed by atoms with E-state index in [0.29, 0.717) is 5.56 Å². The van der Waals surface area contributed by atoms with Crippen molar-refractivity contribution in [2.24, 2.45) is 0 Å². The molecule has 1 aromatic carbocycles. The van der Waals surface area contributed by atoms with Gasteiger partial charge in [0.1, 0.15) is 5.75 Å². The van der Waals surface area contributed by atoms with Crippen molar-refractivity contribution in [3.63, 3.8) is 0 Å². The zero-order valence-corrected chi connectivity index (χ0v) is 10.9. The molecule has 0 unspecified atom stereocenters. The highest BCUT2D eigenvalue weighted by Gasteiger charge is 2.31. The molecule has 1 aromatic rings. The number of hydrogen-bond donors (Lipinski definition) is 0. The second kappa shape index (κ2) is 5.95. The van der Waals surface area contributed by atoms with Crippen LogP contribution in [0.15, 0.2) is 18.2 Å². The van der Waals surface area contributed by atoms with E-state index in [1.165, 1.54) is 13.2 Å². The summed E-state index contributed by atoms with van der Waals surface area (Å²) in [6.07, 6.45) is -4.84. The average Bonchev–Trinajstić information content (AvgIpc) is 2.26. The van der Waals surface area contributed by atoms with E-state index in [-0.39, 0.29) is 18.3 Å². The molecule has 0 atom stereocenters. The molecule has 0 saturated heterocycles. The minimum atomic E-state index is -4.44. The Morgan fingerprint density at radius 3 is 2.42 bits per heavy atom. The maximum Gasteiger partial charge on any atom is 0.416 e. The maximum absolute atomic E-state index is 12.5. The van der Waals surface area contributed by atoms with Crippen LogP contribution in [0, 0.1) is 0 Å². The summed E-state index contributed by atoms with van der Waals surface area (Å²) < 4.78 is 47.4. The van der Waals surface area contributed by atoms with Crippen LogP contribution in [0.4, 0.5) is 13.2 Å². The molecule has 6 heteroatoms. The van der Waals surface area contributed by atoms with Crippen LogP contribution in [-0.2, 0) is 22.1 Å². The Hall–Kier alpha value is -1.72. The first-order chi connectivity index (χ1) is 8.74. The van der Waals surface area contributed by atoms with Gasteiger partial charge in [0.15, 0.2) is 0 Å². The number of rotatable bonds is 4. The summed E-state index contributed by atoms with van der Waals surface area (Å²) in [5, 5.41) is 0. The van der Waals surface area contributed by atoms with Gasteiger partial charge >= 0.3 is 12.1 Å². The van der Waals surface area contributed by atoms with Crippen molar-refractivity contribution in [3.05, 3.63) is 29.3 Å². The lowest BCUT2D eigenvalue weighted by molar-refractivity contribution is -0.146. The van der Waals surface area contributed by atoms with Gasteiger partial charge in [-0.25, -0.2) is 0 Å². The first-order valence-corrected chi connectivity index (χ1v) is 5.67. The Morgan fingerprint density at radius 1 is 1.32 bits per heavy atom. The Bertz CT molecular complexity index is 453. The molecule has 0 spiro atoms. The van der Waals surface area contributed by atoms with E-state index >= 15 is 0 Å². The minimum Gasteiger partial charge on any atom is -0.496 e. The lowest BCUT2D eigenvalue weighted by Gasteiger charge is -2.13. The van der Waals surface area contributed by atoms with Crippen LogP contribution < -0.4 is 4.74 Å². The number of ether oxygens (including phenoxy) is 2. The molecule has 0 N–H and O–H groups in total. The van der Waals surface area contributed by atoms with Gasteiger partial charge in [0, 0.05) is 5.56 Å². The Balaban J connectivity index is 2.94. The topological polar surface area (TPSA) is 35.5 Å². The molecule has 0 aliphatic carbocycles. The summed E-state index contributed by atoms with van der Waals surface area (Å²) in [7, 11) is 1.26. The van der Waals surface area contributed by atoms with Crippen molar-refractivity contribution < 1.29 is 27.4 Å². The molecule has 0 aliphatic heterocycles. The van der Waals surface area contributed by atoms with E-state index in [1.807, 2.05) is 0 Å². The summed E-state index contributed by atoms with van der Waals surface area (Å²) in [5.41, 5.74) is -0.452. The fourth-order valence-electron chi connectivity index (χ4n) is 1.53. The van der Waals surface area contributed by atoms with Gasteiger partial charge in [0.2, 0.25) is 0 Å². The van der Waals surface area contributed by atoms with E-state index < -0.39 is 17.7 Å². The lowest BCUT2D eigenvalue weighted by atomic mass is 10.1.